The molecule has 2 atom stereocenters. The van der Waals surface area contributed by atoms with E-state index < -0.39 is 11.9 Å². The number of methoxy groups -OCH3 is 1. The minimum atomic E-state index is -0.875. The number of ketones is 1. The number of rotatable bonds is 5. The molecule has 0 saturated carbocycles. The molecule has 0 saturated heterocycles. The summed E-state index contributed by atoms with van der Waals surface area (Å²) in [6, 6.07) is 11.1. The first-order chi connectivity index (χ1) is 12.1. The van der Waals surface area contributed by atoms with Crippen LogP contribution in [0.4, 0.5) is 0 Å². The van der Waals surface area contributed by atoms with Gasteiger partial charge in [0.05, 0.1) is 20.0 Å². The topological polar surface area (TPSA) is 65.7 Å². The Morgan fingerprint density at radius 3 is 2.80 bits per heavy atom. The van der Waals surface area contributed by atoms with Crippen molar-refractivity contribution in [3.8, 4) is 5.75 Å². The van der Waals surface area contributed by atoms with E-state index in [0.717, 1.165) is 11.1 Å². The zero-order valence-electron chi connectivity index (χ0n) is 14.2. The van der Waals surface area contributed by atoms with Crippen molar-refractivity contribution in [2.24, 2.45) is 5.92 Å². The van der Waals surface area contributed by atoms with Gasteiger partial charge in [-0.25, -0.2) is 0 Å². The summed E-state index contributed by atoms with van der Waals surface area (Å²) in [4.78, 5) is 25.0. The fraction of sp³-hybridized carbons (Fsp3) is 0.300. The first kappa shape index (κ1) is 17.0. The van der Waals surface area contributed by atoms with Crippen LogP contribution in [0.25, 0.3) is 5.57 Å². The van der Waals surface area contributed by atoms with Crippen LogP contribution in [0.3, 0.4) is 0 Å². The van der Waals surface area contributed by atoms with Gasteiger partial charge >= 0.3 is 5.97 Å². The second-order valence-corrected chi connectivity index (χ2v) is 5.86. The van der Waals surface area contributed by atoms with Crippen LogP contribution in [0.15, 0.2) is 53.2 Å². The molecule has 1 heterocycles. The molecule has 1 aliphatic carbocycles. The van der Waals surface area contributed by atoms with E-state index in [1.165, 1.54) is 6.08 Å². The van der Waals surface area contributed by atoms with Crippen LogP contribution in [0, 0.1) is 5.92 Å². The molecule has 0 bridgehead atoms. The van der Waals surface area contributed by atoms with Crippen molar-refractivity contribution < 1.29 is 23.5 Å². The molecule has 0 N–H and O–H groups in total. The van der Waals surface area contributed by atoms with Crippen LogP contribution < -0.4 is 4.74 Å². The number of esters is 1. The van der Waals surface area contributed by atoms with Gasteiger partial charge in [-0.3, -0.25) is 9.59 Å². The normalized spacial score (nSPS) is 20.1. The predicted molar refractivity (Wildman–Crippen MR) is 92.2 cm³/mol. The van der Waals surface area contributed by atoms with Crippen molar-refractivity contribution in [1.82, 2.24) is 0 Å². The molecule has 5 heteroatoms. The van der Waals surface area contributed by atoms with Crippen LogP contribution in [0.1, 0.15) is 30.6 Å². The summed E-state index contributed by atoms with van der Waals surface area (Å²) in [5.41, 5.74) is 1.75. The van der Waals surface area contributed by atoms with E-state index in [1.54, 1.807) is 32.4 Å². The molecular formula is C20H20O5. The highest BCUT2D eigenvalue weighted by Crippen LogP contribution is 2.40. The molecule has 1 aromatic heterocycles. The average Bonchev–Trinajstić information content (AvgIpc) is 3.15. The molecule has 130 valence electrons. The molecule has 0 aliphatic heterocycles. The Morgan fingerprint density at radius 1 is 1.28 bits per heavy atom. The van der Waals surface area contributed by atoms with Crippen molar-refractivity contribution >= 4 is 17.3 Å². The predicted octanol–water partition coefficient (Wildman–Crippen LogP) is 3.61. The third-order valence-corrected chi connectivity index (χ3v) is 4.35. The molecule has 0 spiro atoms. The second kappa shape index (κ2) is 7.38. The molecule has 0 unspecified atom stereocenters. The van der Waals surface area contributed by atoms with Gasteiger partial charge in [-0.15, -0.1) is 0 Å². The SMILES string of the molecule is CCOC(=O)[C@@H]1C(=O)C=C(c2cccc(OC)c2)C[C@@H]1c1ccco1. The number of hydrogen-bond donors (Lipinski definition) is 0. The summed E-state index contributed by atoms with van der Waals surface area (Å²) in [7, 11) is 1.60. The van der Waals surface area contributed by atoms with E-state index in [-0.39, 0.29) is 18.3 Å². The van der Waals surface area contributed by atoms with Gasteiger partial charge in [-0.2, -0.15) is 0 Å². The van der Waals surface area contributed by atoms with Crippen LogP contribution in [0.2, 0.25) is 0 Å². The lowest BCUT2D eigenvalue weighted by atomic mass is 9.76. The highest BCUT2D eigenvalue weighted by atomic mass is 16.5. The highest BCUT2D eigenvalue weighted by molar-refractivity contribution is 6.10. The van der Waals surface area contributed by atoms with Crippen molar-refractivity contribution in [2.75, 3.05) is 13.7 Å². The lowest BCUT2D eigenvalue weighted by Gasteiger charge is -2.27. The summed E-state index contributed by atoms with van der Waals surface area (Å²) in [5.74, 6) is -0.695. The first-order valence-corrected chi connectivity index (χ1v) is 8.23. The summed E-state index contributed by atoms with van der Waals surface area (Å²) in [6.07, 6.45) is 3.59. The summed E-state index contributed by atoms with van der Waals surface area (Å²) in [6.45, 7) is 1.96. The Bertz CT molecular complexity index is 788. The van der Waals surface area contributed by atoms with Crippen molar-refractivity contribution in [3.05, 3.63) is 60.1 Å². The molecule has 2 aromatic rings. The Balaban J connectivity index is 1.99. The fourth-order valence-corrected chi connectivity index (χ4v) is 3.18. The Kier molecular flexibility index (Phi) is 5.03. The molecule has 0 amide bonds. The van der Waals surface area contributed by atoms with Gasteiger partial charge in [-0.05, 0) is 54.8 Å². The van der Waals surface area contributed by atoms with Crippen LogP contribution >= 0.6 is 0 Å². The monoisotopic (exact) mass is 340 g/mol. The Labute approximate surface area is 146 Å². The Hall–Kier alpha value is -2.82. The van der Waals surface area contributed by atoms with Crippen LogP contribution in [-0.2, 0) is 14.3 Å². The Morgan fingerprint density at radius 2 is 2.12 bits per heavy atom. The van der Waals surface area contributed by atoms with E-state index in [9.17, 15) is 9.59 Å². The fourth-order valence-electron chi connectivity index (χ4n) is 3.18. The van der Waals surface area contributed by atoms with Gasteiger partial charge in [0.15, 0.2) is 5.78 Å². The van der Waals surface area contributed by atoms with E-state index in [1.807, 2.05) is 24.3 Å². The van der Waals surface area contributed by atoms with E-state index >= 15 is 0 Å². The van der Waals surface area contributed by atoms with Crippen LogP contribution in [0.5, 0.6) is 5.75 Å². The minimum Gasteiger partial charge on any atom is -0.497 e. The standard InChI is InChI=1S/C20H20O5/c1-3-24-20(22)19-16(18-8-5-9-25-18)11-14(12-17(19)21)13-6-4-7-15(10-13)23-2/h4-10,12,16,19H,3,11H2,1-2H3/t16-,19+/m1/s1. The average molecular weight is 340 g/mol. The second-order valence-electron chi connectivity index (χ2n) is 5.86. The number of carbonyl (C=O) groups excluding carboxylic acids is 2. The lowest BCUT2D eigenvalue weighted by Crippen LogP contribution is -2.33. The number of allylic oxidation sites excluding steroid dienone is 2. The molecule has 3 rings (SSSR count). The van der Waals surface area contributed by atoms with Gasteiger partial charge in [0.2, 0.25) is 0 Å². The number of benzene rings is 1. The molecule has 1 aliphatic rings. The lowest BCUT2D eigenvalue weighted by molar-refractivity contribution is -0.151. The maximum atomic E-state index is 12.7. The number of furan rings is 1. The van der Waals surface area contributed by atoms with Gasteiger partial charge < -0.3 is 13.9 Å². The third-order valence-electron chi connectivity index (χ3n) is 4.35. The summed E-state index contributed by atoms with van der Waals surface area (Å²) >= 11 is 0. The third kappa shape index (κ3) is 3.50. The molecule has 1 aromatic carbocycles. The van der Waals surface area contributed by atoms with E-state index in [2.05, 4.69) is 0 Å². The molecular weight excluding hydrogens is 320 g/mol. The van der Waals surface area contributed by atoms with E-state index in [0.29, 0.717) is 17.9 Å². The summed E-state index contributed by atoms with van der Waals surface area (Å²) in [5, 5.41) is 0. The first-order valence-electron chi connectivity index (χ1n) is 8.23. The highest BCUT2D eigenvalue weighted by Gasteiger charge is 2.41. The van der Waals surface area contributed by atoms with Crippen LogP contribution in [-0.4, -0.2) is 25.5 Å². The maximum Gasteiger partial charge on any atom is 0.317 e. The quantitative estimate of drug-likeness (QED) is 0.614. The molecule has 25 heavy (non-hydrogen) atoms. The molecule has 0 fully saturated rings. The van der Waals surface area contributed by atoms with E-state index in [4.69, 9.17) is 13.9 Å². The number of carbonyl (C=O) groups is 2. The summed E-state index contributed by atoms with van der Waals surface area (Å²) < 4.78 is 15.9. The molecule has 0 radical (unpaired) electrons. The molecule has 5 nitrogen and oxygen atoms in total. The number of ether oxygens (including phenoxy) is 2. The van der Waals surface area contributed by atoms with Gasteiger partial charge in [0.1, 0.15) is 17.4 Å². The van der Waals surface area contributed by atoms with Gasteiger partial charge in [0, 0.05) is 5.92 Å². The van der Waals surface area contributed by atoms with Gasteiger partial charge in [-0.1, -0.05) is 12.1 Å². The largest absolute Gasteiger partial charge is 0.497 e. The van der Waals surface area contributed by atoms with Crippen molar-refractivity contribution in [3.63, 3.8) is 0 Å². The van der Waals surface area contributed by atoms with Gasteiger partial charge in [0.25, 0.3) is 0 Å². The maximum absolute atomic E-state index is 12.7. The minimum absolute atomic E-state index is 0.236. The van der Waals surface area contributed by atoms with Crippen molar-refractivity contribution in [1.29, 1.82) is 0 Å². The zero-order chi connectivity index (χ0) is 17.8. The zero-order valence-corrected chi connectivity index (χ0v) is 14.2. The van der Waals surface area contributed by atoms with Crippen molar-refractivity contribution in [2.45, 2.75) is 19.3 Å². The number of hydrogen-bond acceptors (Lipinski definition) is 5. The smallest absolute Gasteiger partial charge is 0.317 e.